The van der Waals surface area contributed by atoms with E-state index in [1.54, 1.807) is 12.1 Å². The van der Waals surface area contributed by atoms with Gasteiger partial charge < -0.3 is 14.4 Å². The van der Waals surface area contributed by atoms with Crippen LogP contribution in [0.5, 0.6) is 5.75 Å². The molecule has 92 valence electrons. The minimum absolute atomic E-state index is 0.105. The second kappa shape index (κ2) is 5.80. The van der Waals surface area contributed by atoms with E-state index in [4.69, 9.17) is 9.47 Å². The molecular formula is C13H17NO3. The zero-order valence-electron chi connectivity index (χ0n) is 9.96. The number of likely N-dealkylation sites (N-methyl/N-ethyl adjacent to an activating group) is 1. The molecule has 0 radical (unpaired) electrons. The SMILES string of the molecule is CN1CCOC(COc2cccc(C=O)c2)C1. The average Bonchev–Trinajstić information content (AvgIpc) is 2.37. The van der Waals surface area contributed by atoms with Crippen molar-refractivity contribution in [3.8, 4) is 5.75 Å². The molecule has 0 aromatic heterocycles. The molecule has 1 heterocycles. The Morgan fingerprint density at radius 2 is 2.47 bits per heavy atom. The van der Waals surface area contributed by atoms with Crippen LogP contribution in [0.1, 0.15) is 10.4 Å². The van der Waals surface area contributed by atoms with Gasteiger partial charge in [0.1, 0.15) is 24.7 Å². The molecule has 0 bridgehead atoms. The van der Waals surface area contributed by atoms with Crippen molar-refractivity contribution in [3.63, 3.8) is 0 Å². The quantitative estimate of drug-likeness (QED) is 0.735. The number of carbonyl (C=O) groups excluding carboxylic acids is 1. The molecule has 1 aliphatic heterocycles. The fraction of sp³-hybridized carbons (Fsp3) is 0.462. The summed E-state index contributed by atoms with van der Waals surface area (Å²) in [6.45, 7) is 3.12. The van der Waals surface area contributed by atoms with Gasteiger partial charge in [-0.3, -0.25) is 4.79 Å². The van der Waals surface area contributed by atoms with E-state index in [1.165, 1.54) is 0 Å². The monoisotopic (exact) mass is 235 g/mol. The lowest BCUT2D eigenvalue weighted by atomic mass is 10.2. The first kappa shape index (κ1) is 12.1. The van der Waals surface area contributed by atoms with Gasteiger partial charge in [-0.25, -0.2) is 0 Å². The van der Waals surface area contributed by atoms with Crippen molar-refractivity contribution in [2.75, 3.05) is 33.4 Å². The molecular weight excluding hydrogens is 218 g/mol. The van der Waals surface area contributed by atoms with Gasteiger partial charge >= 0.3 is 0 Å². The molecule has 0 aliphatic carbocycles. The maximum atomic E-state index is 10.6. The number of ether oxygens (including phenoxy) is 2. The second-order valence-electron chi connectivity index (χ2n) is 4.26. The van der Waals surface area contributed by atoms with Gasteiger partial charge in [0.25, 0.3) is 0 Å². The van der Waals surface area contributed by atoms with Crippen LogP contribution >= 0.6 is 0 Å². The molecule has 0 spiro atoms. The maximum Gasteiger partial charge on any atom is 0.150 e. The summed E-state index contributed by atoms with van der Waals surface area (Å²) < 4.78 is 11.2. The van der Waals surface area contributed by atoms with Gasteiger partial charge in [-0.2, -0.15) is 0 Å². The minimum atomic E-state index is 0.105. The van der Waals surface area contributed by atoms with Crippen LogP contribution in [-0.2, 0) is 4.74 Å². The van der Waals surface area contributed by atoms with Crippen molar-refractivity contribution < 1.29 is 14.3 Å². The third kappa shape index (κ3) is 3.54. The van der Waals surface area contributed by atoms with E-state index in [9.17, 15) is 4.79 Å². The van der Waals surface area contributed by atoms with Gasteiger partial charge in [0.15, 0.2) is 0 Å². The predicted octanol–water partition coefficient (Wildman–Crippen LogP) is 1.21. The lowest BCUT2D eigenvalue weighted by Crippen LogP contribution is -2.42. The zero-order chi connectivity index (χ0) is 12.1. The molecule has 0 saturated carbocycles. The Bertz CT molecular complexity index is 381. The summed E-state index contributed by atoms with van der Waals surface area (Å²) in [6, 6.07) is 7.15. The molecule has 1 unspecified atom stereocenters. The summed E-state index contributed by atoms with van der Waals surface area (Å²) in [5.41, 5.74) is 0.629. The van der Waals surface area contributed by atoms with Crippen molar-refractivity contribution in [1.82, 2.24) is 4.90 Å². The van der Waals surface area contributed by atoms with Crippen LogP contribution in [0.4, 0.5) is 0 Å². The highest BCUT2D eigenvalue weighted by molar-refractivity contribution is 5.75. The molecule has 0 amide bonds. The van der Waals surface area contributed by atoms with Crippen LogP contribution in [0.25, 0.3) is 0 Å². The first-order valence-electron chi connectivity index (χ1n) is 5.76. The van der Waals surface area contributed by atoms with E-state index in [0.717, 1.165) is 26.0 Å². The molecule has 1 saturated heterocycles. The number of rotatable bonds is 4. The van der Waals surface area contributed by atoms with Crippen LogP contribution in [0.15, 0.2) is 24.3 Å². The summed E-state index contributed by atoms with van der Waals surface area (Å²) in [4.78, 5) is 12.8. The molecule has 1 aromatic carbocycles. The Kier molecular flexibility index (Phi) is 4.12. The third-order valence-corrected chi connectivity index (χ3v) is 2.77. The average molecular weight is 235 g/mol. The van der Waals surface area contributed by atoms with Gasteiger partial charge in [-0.15, -0.1) is 0 Å². The summed E-state index contributed by atoms with van der Waals surface area (Å²) in [6.07, 6.45) is 0.922. The van der Waals surface area contributed by atoms with E-state index in [-0.39, 0.29) is 6.10 Å². The van der Waals surface area contributed by atoms with Crippen molar-refractivity contribution in [3.05, 3.63) is 29.8 Å². The predicted molar refractivity (Wildman–Crippen MR) is 64.6 cm³/mol. The van der Waals surface area contributed by atoms with Gasteiger partial charge in [-0.1, -0.05) is 12.1 Å². The lowest BCUT2D eigenvalue weighted by Gasteiger charge is -2.29. The highest BCUT2D eigenvalue weighted by Gasteiger charge is 2.18. The van der Waals surface area contributed by atoms with Crippen LogP contribution < -0.4 is 4.74 Å². The number of hydrogen-bond donors (Lipinski definition) is 0. The summed E-state index contributed by atoms with van der Waals surface area (Å²) in [5, 5.41) is 0. The Morgan fingerprint density at radius 1 is 1.59 bits per heavy atom. The number of benzene rings is 1. The molecule has 1 aromatic rings. The van der Waals surface area contributed by atoms with Crippen molar-refractivity contribution in [2.45, 2.75) is 6.10 Å². The lowest BCUT2D eigenvalue weighted by molar-refractivity contribution is -0.0403. The van der Waals surface area contributed by atoms with Crippen LogP contribution in [0.2, 0.25) is 0 Å². The largest absolute Gasteiger partial charge is 0.491 e. The van der Waals surface area contributed by atoms with E-state index in [0.29, 0.717) is 17.9 Å². The second-order valence-corrected chi connectivity index (χ2v) is 4.26. The Morgan fingerprint density at radius 3 is 3.24 bits per heavy atom. The van der Waals surface area contributed by atoms with E-state index in [1.807, 2.05) is 12.1 Å². The normalized spacial score (nSPS) is 21.1. The Labute approximate surface area is 101 Å². The molecule has 17 heavy (non-hydrogen) atoms. The molecule has 4 heteroatoms. The summed E-state index contributed by atoms with van der Waals surface area (Å²) >= 11 is 0. The number of hydrogen-bond acceptors (Lipinski definition) is 4. The minimum Gasteiger partial charge on any atom is -0.491 e. The number of carbonyl (C=O) groups is 1. The third-order valence-electron chi connectivity index (χ3n) is 2.77. The van der Waals surface area contributed by atoms with Crippen molar-refractivity contribution in [2.24, 2.45) is 0 Å². The van der Waals surface area contributed by atoms with E-state index < -0.39 is 0 Å². The van der Waals surface area contributed by atoms with Crippen molar-refractivity contribution in [1.29, 1.82) is 0 Å². The van der Waals surface area contributed by atoms with Gasteiger partial charge in [-0.05, 0) is 19.2 Å². The molecule has 0 N–H and O–H groups in total. The summed E-state index contributed by atoms with van der Waals surface area (Å²) in [7, 11) is 2.07. The first-order valence-corrected chi connectivity index (χ1v) is 5.76. The highest BCUT2D eigenvalue weighted by atomic mass is 16.5. The molecule has 1 aliphatic rings. The zero-order valence-corrected chi connectivity index (χ0v) is 9.96. The maximum absolute atomic E-state index is 10.6. The smallest absolute Gasteiger partial charge is 0.150 e. The topological polar surface area (TPSA) is 38.8 Å². The number of aldehydes is 1. The Hall–Kier alpha value is -1.39. The van der Waals surface area contributed by atoms with E-state index in [2.05, 4.69) is 11.9 Å². The molecule has 4 nitrogen and oxygen atoms in total. The number of morpholine rings is 1. The van der Waals surface area contributed by atoms with Gasteiger partial charge in [0.2, 0.25) is 0 Å². The summed E-state index contributed by atoms with van der Waals surface area (Å²) in [5.74, 6) is 0.714. The van der Waals surface area contributed by atoms with Crippen molar-refractivity contribution >= 4 is 6.29 Å². The first-order chi connectivity index (χ1) is 8.28. The fourth-order valence-corrected chi connectivity index (χ4v) is 1.83. The molecule has 1 fully saturated rings. The van der Waals surface area contributed by atoms with Crippen LogP contribution in [0, 0.1) is 0 Å². The van der Waals surface area contributed by atoms with Crippen LogP contribution in [-0.4, -0.2) is 50.6 Å². The standard InChI is InChI=1S/C13H17NO3/c1-14-5-6-16-13(8-14)10-17-12-4-2-3-11(7-12)9-15/h2-4,7,9,13H,5-6,8,10H2,1H3. The molecule has 1 atom stereocenters. The van der Waals surface area contributed by atoms with Gasteiger partial charge in [0, 0.05) is 18.7 Å². The highest BCUT2D eigenvalue weighted by Crippen LogP contribution is 2.13. The van der Waals surface area contributed by atoms with Crippen LogP contribution in [0.3, 0.4) is 0 Å². The number of nitrogens with zero attached hydrogens (tertiary/aromatic N) is 1. The van der Waals surface area contributed by atoms with E-state index >= 15 is 0 Å². The fourth-order valence-electron chi connectivity index (χ4n) is 1.83. The Balaban J connectivity index is 1.86. The molecule has 2 rings (SSSR count). The van der Waals surface area contributed by atoms with Gasteiger partial charge in [0.05, 0.1) is 6.61 Å².